The van der Waals surface area contributed by atoms with Crippen molar-refractivity contribution in [3.8, 4) is 0 Å². The molecule has 6 rings (SSSR count). The third-order valence-corrected chi connectivity index (χ3v) is 8.01. The molecule has 37 heavy (non-hydrogen) atoms. The van der Waals surface area contributed by atoms with Gasteiger partial charge in [0.2, 0.25) is 0 Å². The van der Waals surface area contributed by atoms with Gasteiger partial charge in [0.15, 0.2) is 5.60 Å². The number of aryl methyl sites for hydroxylation is 2. The van der Waals surface area contributed by atoms with E-state index >= 15 is 0 Å². The lowest BCUT2D eigenvalue weighted by molar-refractivity contribution is 0.0257. The molecule has 3 heterocycles. The Bertz CT molecular complexity index is 1620. The molecule has 5 aromatic rings. The Morgan fingerprint density at radius 1 is 0.757 bits per heavy atom. The molecule has 2 aromatic heterocycles. The van der Waals surface area contributed by atoms with Crippen molar-refractivity contribution in [3.63, 3.8) is 0 Å². The summed E-state index contributed by atoms with van der Waals surface area (Å²) in [7, 11) is 0. The Hall–Kier alpha value is -3.79. The molecule has 0 fully saturated rings. The van der Waals surface area contributed by atoms with Gasteiger partial charge in [0.1, 0.15) is 0 Å². The molecule has 0 saturated carbocycles. The summed E-state index contributed by atoms with van der Waals surface area (Å²) >= 11 is 0. The van der Waals surface area contributed by atoms with Crippen LogP contribution in [-0.2, 0) is 23.4 Å². The fourth-order valence-corrected chi connectivity index (χ4v) is 6.26. The SMILES string of the molecule is CCCCn1cc(C2(c3c(C)n(CCCC)c4ccccc34)OC(=O)c3ccccc32)c2ccccc21. The summed E-state index contributed by atoms with van der Waals surface area (Å²) in [4.78, 5) is 13.5. The molecule has 3 aromatic carbocycles. The Kier molecular flexibility index (Phi) is 5.91. The summed E-state index contributed by atoms with van der Waals surface area (Å²) in [6, 6.07) is 25.1. The quantitative estimate of drug-likeness (QED) is 0.207. The first-order chi connectivity index (χ1) is 18.1. The molecule has 1 unspecified atom stereocenters. The molecule has 188 valence electrons. The van der Waals surface area contributed by atoms with Crippen molar-refractivity contribution in [1.82, 2.24) is 9.13 Å². The van der Waals surface area contributed by atoms with Gasteiger partial charge in [-0.05, 0) is 38.0 Å². The van der Waals surface area contributed by atoms with Gasteiger partial charge in [-0.15, -0.1) is 0 Å². The second-order valence-corrected chi connectivity index (χ2v) is 10.2. The van der Waals surface area contributed by atoms with Gasteiger partial charge in [0.25, 0.3) is 0 Å². The maximum absolute atomic E-state index is 13.5. The lowest BCUT2D eigenvalue weighted by Gasteiger charge is -2.30. The van der Waals surface area contributed by atoms with Crippen LogP contribution in [0.4, 0.5) is 0 Å². The molecule has 0 amide bonds. The molecule has 1 atom stereocenters. The van der Waals surface area contributed by atoms with E-state index in [0.717, 1.165) is 71.9 Å². The number of fused-ring (bicyclic) bond motifs is 3. The van der Waals surface area contributed by atoms with E-state index in [9.17, 15) is 4.79 Å². The molecule has 0 bridgehead atoms. The second kappa shape index (κ2) is 9.26. The van der Waals surface area contributed by atoms with E-state index in [4.69, 9.17) is 4.74 Å². The van der Waals surface area contributed by atoms with Gasteiger partial charge in [-0.1, -0.05) is 81.3 Å². The minimum atomic E-state index is -1.02. The van der Waals surface area contributed by atoms with Crippen LogP contribution in [-0.4, -0.2) is 15.1 Å². The van der Waals surface area contributed by atoms with Crippen LogP contribution in [0.15, 0.2) is 79.0 Å². The summed E-state index contributed by atoms with van der Waals surface area (Å²) in [5.74, 6) is -0.259. The van der Waals surface area contributed by atoms with Crippen molar-refractivity contribution in [2.75, 3.05) is 0 Å². The summed E-state index contributed by atoms with van der Waals surface area (Å²) < 4.78 is 11.4. The number of ether oxygens (including phenoxy) is 1. The summed E-state index contributed by atoms with van der Waals surface area (Å²) in [6.07, 6.45) is 6.67. The van der Waals surface area contributed by atoms with Crippen LogP contribution in [0.3, 0.4) is 0 Å². The molecule has 0 radical (unpaired) electrons. The predicted octanol–water partition coefficient (Wildman–Crippen LogP) is 7.97. The van der Waals surface area contributed by atoms with Crippen molar-refractivity contribution in [2.45, 2.75) is 65.1 Å². The minimum Gasteiger partial charge on any atom is -0.440 e. The molecule has 0 N–H and O–H groups in total. The summed E-state index contributed by atoms with van der Waals surface area (Å²) in [6.45, 7) is 8.51. The number of hydrogen-bond acceptors (Lipinski definition) is 2. The molecular weight excluding hydrogens is 456 g/mol. The highest BCUT2D eigenvalue weighted by molar-refractivity contribution is 6.00. The van der Waals surface area contributed by atoms with Gasteiger partial charge in [0, 0.05) is 63.5 Å². The highest BCUT2D eigenvalue weighted by Crippen LogP contribution is 2.52. The predicted molar refractivity (Wildman–Crippen MR) is 150 cm³/mol. The molecule has 1 aliphatic heterocycles. The Balaban J connectivity index is 1.74. The topological polar surface area (TPSA) is 36.2 Å². The molecule has 0 saturated heterocycles. The highest BCUT2D eigenvalue weighted by atomic mass is 16.6. The van der Waals surface area contributed by atoms with Gasteiger partial charge in [-0.3, -0.25) is 0 Å². The Morgan fingerprint density at radius 2 is 1.41 bits per heavy atom. The van der Waals surface area contributed by atoms with Crippen LogP contribution in [0.1, 0.15) is 72.3 Å². The zero-order valence-corrected chi connectivity index (χ0v) is 22.0. The van der Waals surface area contributed by atoms with Crippen LogP contribution in [0.25, 0.3) is 21.8 Å². The largest absolute Gasteiger partial charge is 0.440 e. The van der Waals surface area contributed by atoms with Crippen LogP contribution >= 0.6 is 0 Å². The Morgan fingerprint density at radius 3 is 2.19 bits per heavy atom. The van der Waals surface area contributed by atoms with E-state index in [2.05, 4.69) is 90.7 Å². The summed E-state index contributed by atoms with van der Waals surface area (Å²) in [5.41, 5.74) is 6.21. The molecule has 1 aliphatic rings. The van der Waals surface area contributed by atoms with Gasteiger partial charge >= 0.3 is 5.97 Å². The van der Waals surface area contributed by atoms with E-state index in [1.807, 2.05) is 18.2 Å². The van der Waals surface area contributed by atoms with Crippen LogP contribution in [0.2, 0.25) is 0 Å². The van der Waals surface area contributed by atoms with Crippen LogP contribution < -0.4 is 0 Å². The van der Waals surface area contributed by atoms with Crippen molar-refractivity contribution in [1.29, 1.82) is 0 Å². The average molecular weight is 491 g/mol. The number of rotatable bonds is 8. The Labute approximate surface area is 218 Å². The smallest absolute Gasteiger partial charge is 0.340 e. The number of esters is 1. The fraction of sp³-hybridized carbons (Fsp3) is 0.303. The normalized spacial score (nSPS) is 17.0. The molecular formula is C33H34N2O2. The van der Waals surface area contributed by atoms with Crippen LogP contribution in [0, 0.1) is 6.92 Å². The lowest BCUT2D eigenvalue weighted by Crippen LogP contribution is -2.30. The number of para-hydroxylation sites is 2. The lowest BCUT2D eigenvalue weighted by atomic mass is 9.78. The van der Waals surface area contributed by atoms with Gasteiger partial charge in [-0.25, -0.2) is 4.79 Å². The number of hydrogen-bond donors (Lipinski definition) is 0. The highest BCUT2D eigenvalue weighted by Gasteiger charge is 2.52. The van der Waals surface area contributed by atoms with Gasteiger partial charge in [-0.2, -0.15) is 0 Å². The standard InChI is InChI=1S/C33H34N2O2/c1-4-6-20-34-22-28(24-14-9-12-18-29(24)34)33(27-17-11-8-15-25(27)32(36)37-33)31-23(3)35(21-7-5-2)30-19-13-10-16-26(30)31/h8-19,22H,4-7,20-21H2,1-3H3. The van der Waals surface area contributed by atoms with E-state index in [1.54, 1.807) is 0 Å². The maximum atomic E-state index is 13.5. The van der Waals surface area contributed by atoms with Gasteiger partial charge < -0.3 is 13.9 Å². The van der Waals surface area contributed by atoms with Crippen molar-refractivity contribution in [3.05, 3.63) is 107 Å². The third-order valence-electron chi connectivity index (χ3n) is 8.01. The average Bonchev–Trinajstić information content (AvgIpc) is 3.54. The monoisotopic (exact) mass is 490 g/mol. The first-order valence-electron chi connectivity index (χ1n) is 13.6. The van der Waals surface area contributed by atoms with Crippen LogP contribution in [0.5, 0.6) is 0 Å². The van der Waals surface area contributed by atoms with E-state index in [-0.39, 0.29) is 5.97 Å². The third kappa shape index (κ3) is 3.46. The van der Waals surface area contributed by atoms with Crippen molar-refractivity contribution >= 4 is 27.8 Å². The number of cyclic esters (lactones) is 1. The van der Waals surface area contributed by atoms with E-state index in [0.29, 0.717) is 5.56 Å². The first kappa shape index (κ1) is 23.6. The number of carbonyl (C=O) groups excluding carboxylic acids is 1. The van der Waals surface area contributed by atoms with Gasteiger partial charge in [0.05, 0.1) is 5.56 Å². The number of unbranched alkanes of at least 4 members (excludes halogenated alkanes) is 2. The molecule has 4 heteroatoms. The maximum Gasteiger partial charge on any atom is 0.340 e. The first-order valence-corrected chi connectivity index (χ1v) is 13.6. The zero-order valence-electron chi connectivity index (χ0n) is 22.0. The number of carbonyl (C=O) groups is 1. The summed E-state index contributed by atoms with van der Waals surface area (Å²) in [5, 5.41) is 2.28. The number of nitrogens with zero attached hydrogens (tertiary/aromatic N) is 2. The number of aromatic nitrogens is 2. The van der Waals surface area contributed by atoms with Crippen molar-refractivity contribution < 1.29 is 9.53 Å². The van der Waals surface area contributed by atoms with Crippen molar-refractivity contribution in [2.24, 2.45) is 0 Å². The zero-order chi connectivity index (χ0) is 25.6. The molecule has 4 nitrogen and oxygen atoms in total. The molecule has 0 spiro atoms. The fourth-order valence-electron chi connectivity index (χ4n) is 6.26. The number of benzene rings is 3. The van der Waals surface area contributed by atoms with E-state index < -0.39 is 5.60 Å². The van der Waals surface area contributed by atoms with E-state index in [1.165, 1.54) is 11.0 Å². The second-order valence-electron chi connectivity index (χ2n) is 10.2. The minimum absolute atomic E-state index is 0.259. The molecule has 0 aliphatic carbocycles.